The van der Waals surface area contributed by atoms with Crippen LogP contribution < -0.4 is 21.7 Å². The number of piperazine rings is 2. The lowest BCUT2D eigenvalue weighted by Crippen LogP contribution is -2.51. The second-order valence-electron chi connectivity index (χ2n) is 4.67. The maximum Gasteiger partial charge on any atom is 0.0456 e. The first kappa shape index (κ1) is 13.9. The molecule has 16 heavy (non-hydrogen) atoms. The van der Waals surface area contributed by atoms with Gasteiger partial charge in [-0.3, -0.25) is 4.90 Å². The van der Waals surface area contributed by atoms with E-state index in [4.69, 9.17) is 5.73 Å². The molecule has 2 saturated heterocycles. The summed E-state index contributed by atoms with van der Waals surface area (Å²) in [7, 11) is 0. The minimum Gasteiger partial charge on any atom is -0.318 e. The summed E-state index contributed by atoms with van der Waals surface area (Å²) in [6.45, 7) is 11.7. The molecule has 0 aromatic carbocycles. The molecule has 5 heteroatoms. The fourth-order valence-corrected chi connectivity index (χ4v) is 1.79. The molecule has 5 N–H and O–H groups in total. The molecule has 0 aromatic heterocycles. The van der Waals surface area contributed by atoms with Crippen LogP contribution >= 0.6 is 0 Å². The number of rotatable bonds is 1. The Hall–Kier alpha value is -0.200. The van der Waals surface area contributed by atoms with E-state index in [1.165, 1.54) is 0 Å². The first-order valence-corrected chi connectivity index (χ1v) is 6.32. The Morgan fingerprint density at radius 3 is 1.88 bits per heavy atom. The zero-order valence-corrected chi connectivity index (χ0v) is 10.6. The molecule has 0 radical (unpaired) electrons. The van der Waals surface area contributed by atoms with Gasteiger partial charge in [-0.2, -0.15) is 0 Å². The number of hydrogen-bond acceptors (Lipinski definition) is 5. The van der Waals surface area contributed by atoms with E-state index >= 15 is 0 Å². The Labute approximate surface area is 99.1 Å². The van der Waals surface area contributed by atoms with Gasteiger partial charge < -0.3 is 21.7 Å². The molecule has 0 spiro atoms. The predicted octanol–water partition coefficient (Wildman–Crippen LogP) is -1.24. The lowest BCUT2D eigenvalue weighted by Gasteiger charge is -2.26. The van der Waals surface area contributed by atoms with Gasteiger partial charge in [-0.25, -0.2) is 0 Å². The van der Waals surface area contributed by atoms with E-state index < -0.39 is 0 Å². The van der Waals surface area contributed by atoms with Crippen molar-refractivity contribution in [1.29, 1.82) is 0 Å². The average molecular weight is 229 g/mol. The van der Waals surface area contributed by atoms with Crippen molar-refractivity contribution in [3.05, 3.63) is 0 Å². The van der Waals surface area contributed by atoms with Gasteiger partial charge in [-0.05, 0) is 13.8 Å². The number of nitrogens with one attached hydrogen (secondary N) is 3. The second-order valence-corrected chi connectivity index (χ2v) is 4.67. The highest BCUT2D eigenvalue weighted by atomic mass is 15.2. The van der Waals surface area contributed by atoms with Crippen LogP contribution in [0.5, 0.6) is 0 Å². The lowest BCUT2D eigenvalue weighted by molar-refractivity contribution is 0.247. The number of nitrogens with two attached hydrogens (primary N) is 1. The molecule has 2 fully saturated rings. The van der Waals surface area contributed by atoms with Crippen LogP contribution in [0, 0.1) is 0 Å². The van der Waals surface area contributed by atoms with Gasteiger partial charge in [0.15, 0.2) is 0 Å². The van der Waals surface area contributed by atoms with E-state index in [1.54, 1.807) is 0 Å². The van der Waals surface area contributed by atoms with Gasteiger partial charge in [0.2, 0.25) is 0 Å². The summed E-state index contributed by atoms with van der Waals surface area (Å²) in [5.74, 6) is 0. The molecule has 2 heterocycles. The van der Waals surface area contributed by atoms with Gasteiger partial charge in [0.05, 0.1) is 0 Å². The summed E-state index contributed by atoms with van der Waals surface area (Å²) in [5, 5.41) is 9.99. The average Bonchev–Trinajstić information content (AvgIpc) is 2.35. The monoisotopic (exact) mass is 229 g/mol. The number of nitrogens with zero attached hydrogens (tertiary/aromatic N) is 1. The standard InChI is InChI=1S/C6H14N2.C5H13N3/c1-5-3-8-6(2)4-7-5;6-5-8-3-1-7-2-4-8/h5-8H,3-4H2,1-2H3;7H,1-6H2. The predicted molar refractivity (Wildman–Crippen MR) is 68.4 cm³/mol. The highest BCUT2D eigenvalue weighted by Crippen LogP contribution is 1.89. The molecule has 2 atom stereocenters. The topological polar surface area (TPSA) is 65.3 Å². The molecule has 0 amide bonds. The quantitative estimate of drug-likeness (QED) is 0.453. The van der Waals surface area contributed by atoms with E-state index in [9.17, 15) is 0 Å². The van der Waals surface area contributed by atoms with Gasteiger partial charge in [0.1, 0.15) is 0 Å². The van der Waals surface area contributed by atoms with Crippen molar-refractivity contribution in [2.45, 2.75) is 25.9 Å². The molecular weight excluding hydrogens is 202 g/mol. The lowest BCUT2D eigenvalue weighted by atomic mass is 10.2. The minimum atomic E-state index is 0.659. The summed E-state index contributed by atoms with van der Waals surface area (Å²) in [6.07, 6.45) is 0. The third-order valence-corrected chi connectivity index (χ3v) is 3.01. The zero-order chi connectivity index (χ0) is 11.8. The molecule has 2 aliphatic heterocycles. The van der Waals surface area contributed by atoms with Crippen molar-refractivity contribution >= 4 is 0 Å². The Morgan fingerprint density at radius 2 is 1.56 bits per heavy atom. The Kier molecular flexibility index (Phi) is 6.91. The highest BCUT2D eigenvalue weighted by Gasteiger charge is 2.10. The molecule has 0 saturated carbocycles. The van der Waals surface area contributed by atoms with Crippen molar-refractivity contribution in [2.24, 2.45) is 5.73 Å². The smallest absolute Gasteiger partial charge is 0.0456 e. The normalized spacial score (nSPS) is 31.7. The Balaban J connectivity index is 0.000000160. The van der Waals surface area contributed by atoms with Crippen LogP contribution in [0.2, 0.25) is 0 Å². The van der Waals surface area contributed by atoms with E-state index in [2.05, 4.69) is 34.7 Å². The van der Waals surface area contributed by atoms with E-state index in [0.29, 0.717) is 18.8 Å². The SMILES string of the molecule is CC1CNC(C)CN1.NCN1CCNCC1. The first-order valence-electron chi connectivity index (χ1n) is 6.32. The fourth-order valence-electron chi connectivity index (χ4n) is 1.79. The Bertz CT molecular complexity index is 152. The van der Waals surface area contributed by atoms with Crippen LogP contribution in [0.25, 0.3) is 0 Å². The highest BCUT2D eigenvalue weighted by molar-refractivity contribution is 4.76. The third-order valence-electron chi connectivity index (χ3n) is 3.01. The van der Waals surface area contributed by atoms with Crippen molar-refractivity contribution in [1.82, 2.24) is 20.9 Å². The van der Waals surface area contributed by atoms with E-state index in [-0.39, 0.29) is 0 Å². The summed E-state index contributed by atoms with van der Waals surface area (Å²) in [6, 6.07) is 1.32. The molecule has 96 valence electrons. The number of hydrogen-bond donors (Lipinski definition) is 4. The molecule has 2 rings (SSSR count). The van der Waals surface area contributed by atoms with Crippen molar-refractivity contribution in [3.63, 3.8) is 0 Å². The molecule has 2 unspecified atom stereocenters. The molecule has 2 aliphatic rings. The molecular formula is C11H27N5. The van der Waals surface area contributed by atoms with Gasteiger partial charge in [-0.15, -0.1) is 0 Å². The van der Waals surface area contributed by atoms with Gasteiger partial charge >= 0.3 is 0 Å². The largest absolute Gasteiger partial charge is 0.318 e. The summed E-state index contributed by atoms with van der Waals surface area (Å²) in [4.78, 5) is 2.23. The molecule has 0 aromatic rings. The minimum absolute atomic E-state index is 0.659. The van der Waals surface area contributed by atoms with E-state index in [0.717, 1.165) is 39.3 Å². The van der Waals surface area contributed by atoms with Crippen LogP contribution in [0.1, 0.15) is 13.8 Å². The van der Waals surface area contributed by atoms with Crippen LogP contribution in [-0.2, 0) is 0 Å². The van der Waals surface area contributed by atoms with Crippen LogP contribution in [-0.4, -0.2) is 62.9 Å². The fraction of sp³-hybridized carbons (Fsp3) is 1.00. The first-order chi connectivity index (χ1) is 7.72. The maximum atomic E-state index is 5.40. The third kappa shape index (κ3) is 5.77. The Morgan fingerprint density at radius 1 is 1.06 bits per heavy atom. The molecule has 5 nitrogen and oxygen atoms in total. The summed E-state index contributed by atoms with van der Waals surface area (Å²) < 4.78 is 0. The van der Waals surface area contributed by atoms with Crippen molar-refractivity contribution in [2.75, 3.05) is 45.9 Å². The molecule has 0 aliphatic carbocycles. The van der Waals surface area contributed by atoms with Crippen molar-refractivity contribution < 1.29 is 0 Å². The zero-order valence-electron chi connectivity index (χ0n) is 10.6. The van der Waals surface area contributed by atoms with Crippen LogP contribution in [0.3, 0.4) is 0 Å². The molecule has 0 bridgehead atoms. The maximum absolute atomic E-state index is 5.40. The summed E-state index contributed by atoms with van der Waals surface area (Å²) in [5.41, 5.74) is 5.40. The summed E-state index contributed by atoms with van der Waals surface area (Å²) >= 11 is 0. The van der Waals surface area contributed by atoms with Gasteiger partial charge in [0, 0.05) is 58.0 Å². The second kappa shape index (κ2) is 7.97. The van der Waals surface area contributed by atoms with E-state index in [1.807, 2.05) is 0 Å². The van der Waals surface area contributed by atoms with Gasteiger partial charge in [0.25, 0.3) is 0 Å². The van der Waals surface area contributed by atoms with Crippen LogP contribution in [0.15, 0.2) is 0 Å². The van der Waals surface area contributed by atoms with Crippen molar-refractivity contribution in [3.8, 4) is 0 Å². The van der Waals surface area contributed by atoms with Crippen LogP contribution in [0.4, 0.5) is 0 Å². The van der Waals surface area contributed by atoms with Gasteiger partial charge in [-0.1, -0.05) is 0 Å².